The number of benzene rings is 3. The van der Waals surface area contributed by atoms with Crippen molar-refractivity contribution in [3.63, 3.8) is 0 Å². The lowest BCUT2D eigenvalue weighted by molar-refractivity contribution is 0.0678. The Kier molecular flexibility index (Phi) is 7.98. The van der Waals surface area contributed by atoms with E-state index < -0.39 is 16.1 Å². The maximum absolute atomic E-state index is 13.2. The summed E-state index contributed by atoms with van der Waals surface area (Å²) in [6.45, 7) is 5.24. The van der Waals surface area contributed by atoms with Crippen molar-refractivity contribution >= 4 is 32.6 Å². The first-order valence-electron chi connectivity index (χ1n) is 12.9. The lowest BCUT2D eigenvalue weighted by atomic mass is 9.93. The molecule has 2 atom stereocenters. The van der Waals surface area contributed by atoms with Gasteiger partial charge in [0.05, 0.1) is 11.0 Å². The summed E-state index contributed by atoms with van der Waals surface area (Å²) in [5.41, 5.74) is 1.76. The molecule has 8 heteroatoms. The molecule has 0 bridgehead atoms. The van der Waals surface area contributed by atoms with Gasteiger partial charge in [0.2, 0.25) is 0 Å². The zero-order valence-electron chi connectivity index (χ0n) is 21.8. The van der Waals surface area contributed by atoms with Crippen LogP contribution in [0.25, 0.3) is 10.8 Å². The minimum Gasteiger partial charge on any atom is -0.390 e. The first-order valence-corrected chi connectivity index (χ1v) is 15.5. The van der Waals surface area contributed by atoms with Crippen molar-refractivity contribution < 1.29 is 13.5 Å². The molecule has 0 unspecified atom stereocenters. The third-order valence-electron chi connectivity index (χ3n) is 7.17. The molecule has 0 aliphatic carbocycles. The molecule has 6 nitrogen and oxygen atoms in total. The number of thioether (sulfide) groups is 1. The molecule has 4 aromatic rings. The van der Waals surface area contributed by atoms with E-state index in [0.717, 1.165) is 18.1 Å². The molecule has 0 spiro atoms. The van der Waals surface area contributed by atoms with E-state index in [1.165, 1.54) is 20.3 Å². The van der Waals surface area contributed by atoms with Crippen LogP contribution in [0.3, 0.4) is 0 Å². The van der Waals surface area contributed by atoms with Gasteiger partial charge in [-0.3, -0.25) is 4.90 Å². The van der Waals surface area contributed by atoms with Crippen LogP contribution in [-0.2, 0) is 23.0 Å². The average Bonchev–Trinajstić information content (AvgIpc) is 3.58. The summed E-state index contributed by atoms with van der Waals surface area (Å²) in [5, 5.41) is 17.2. The van der Waals surface area contributed by atoms with E-state index in [-0.39, 0.29) is 16.5 Å². The molecule has 200 valence electrons. The highest BCUT2D eigenvalue weighted by Crippen LogP contribution is 2.27. The summed E-state index contributed by atoms with van der Waals surface area (Å²) in [4.78, 5) is 2.45. The Balaban J connectivity index is 1.22. The molecule has 1 fully saturated rings. The van der Waals surface area contributed by atoms with E-state index in [1.807, 2.05) is 6.07 Å². The molecule has 3 aromatic carbocycles. The lowest BCUT2D eigenvalue weighted by Crippen LogP contribution is -2.51. The van der Waals surface area contributed by atoms with Crippen molar-refractivity contribution in [2.75, 3.05) is 18.2 Å². The van der Waals surface area contributed by atoms with Crippen LogP contribution >= 0.6 is 11.8 Å². The normalized spacial score (nSPS) is 17.7. The number of fused-ring (bicyclic) bond motifs is 1. The highest BCUT2D eigenvalue weighted by Gasteiger charge is 2.33. The zero-order valence-corrected chi connectivity index (χ0v) is 23.5. The maximum Gasteiger partial charge on any atom is 0.267 e. The van der Waals surface area contributed by atoms with Crippen LogP contribution in [0, 0.1) is 0 Å². The van der Waals surface area contributed by atoms with Crippen molar-refractivity contribution in [2.24, 2.45) is 0 Å². The minimum absolute atomic E-state index is 0.0632. The van der Waals surface area contributed by atoms with Crippen molar-refractivity contribution in [1.29, 1.82) is 0 Å². The summed E-state index contributed by atoms with van der Waals surface area (Å²) in [6.07, 6.45) is 1.87. The highest BCUT2D eigenvalue weighted by molar-refractivity contribution is 7.99. The monoisotopic (exact) mass is 549 g/mol. The van der Waals surface area contributed by atoms with Gasteiger partial charge in [0.15, 0.2) is 0 Å². The fraction of sp³-hybridized carbons (Fsp3) is 0.333. The first kappa shape index (κ1) is 27.0. The molecule has 38 heavy (non-hydrogen) atoms. The number of hydrogen-bond donors (Lipinski definition) is 2. The van der Waals surface area contributed by atoms with Gasteiger partial charge in [-0.25, -0.2) is 12.4 Å². The lowest BCUT2D eigenvalue weighted by Gasteiger charge is -2.32. The summed E-state index contributed by atoms with van der Waals surface area (Å²) >= 11 is 1.77. The fourth-order valence-electron chi connectivity index (χ4n) is 5.12. The van der Waals surface area contributed by atoms with Crippen LogP contribution in [0.1, 0.15) is 25.1 Å². The molecule has 1 saturated heterocycles. The van der Waals surface area contributed by atoms with Gasteiger partial charge < -0.3 is 10.4 Å². The molecule has 2 heterocycles. The van der Waals surface area contributed by atoms with Crippen molar-refractivity contribution in [3.05, 3.63) is 102 Å². The van der Waals surface area contributed by atoms with Crippen LogP contribution in [0.4, 0.5) is 0 Å². The Morgan fingerprint density at radius 3 is 2.53 bits per heavy atom. The second-order valence-electron chi connectivity index (χ2n) is 10.6. The predicted octanol–water partition coefficient (Wildman–Crippen LogP) is 4.73. The fourth-order valence-corrected chi connectivity index (χ4v) is 7.80. The quantitative estimate of drug-likeness (QED) is 0.298. The van der Waals surface area contributed by atoms with E-state index in [4.69, 9.17) is 0 Å². The Hall–Kier alpha value is -2.62. The van der Waals surface area contributed by atoms with E-state index in [9.17, 15) is 13.5 Å². The van der Waals surface area contributed by atoms with Crippen LogP contribution < -0.4 is 5.32 Å². The molecule has 0 amide bonds. The van der Waals surface area contributed by atoms with Crippen molar-refractivity contribution in [2.45, 2.75) is 49.4 Å². The van der Waals surface area contributed by atoms with Crippen LogP contribution in [-0.4, -0.2) is 58.3 Å². The van der Waals surface area contributed by atoms with Gasteiger partial charge in [-0.05, 0) is 60.9 Å². The summed E-state index contributed by atoms with van der Waals surface area (Å²) < 4.78 is 27.8. The van der Waals surface area contributed by atoms with Gasteiger partial charge in [-0.1, -0.05) is 60.7 Å². The predicted molar refractivity (Wildman–Crippen MR) is 156 cm³/mol. The topological polar surface area (TPSA) is 74.6 Å². The molecule has 5 rings (SSSR count). The Labute approximate surface area is 229 Å². The third kappa shape index (κ3) is 6.00. The molecule has 2 N–H and O–H groups in total. The summed E-state index contributed by atoms with van der Waals surface area (Å²) in [7, 11) is -3.67. The molecule has 1 aromatic heterocycles. The van der Waals surface area contributed by atoms with E-state index in [0.29, 0.717) is 18.8 Å². The van der Waals surface area contributed by atoms with Gasteiger partial charge in [0.1, 0.15) is 0 Å². The van der Waals surface area contributed by atoms with Gasteiger partial charge in [-0.15, -0.1) is 11.8 Å². The second kappa shape index (κ2) is 11.2. The zero-order chi connectivity index (χ0) is 26.8. The van der Waals surface area contributed by atoms with E-state index in [2.05, 4.69) is 66.5 Å². The first-order chi connectivity index (χ1) is 18.2. The SMILES string of the molecule is CC(C)(Cc1ccc2ccccc2c1)NC[C@H](O)[C@H]1CSCN1Cc1cccn1S(=O)(=O)c1ccccc1. The Morgan fingerprint density at radius 2 is 1.74 bits per heavy atom. The van der Waals surface area contributed by atoms with E-state index >= 15 is 0 Å². The standard InChI is InChI=1S/C30H35N3O3S2/c1-30(2,18-23-14-15-24-9-6-7-10-25(24)17-23)31-19-29(34)28-21-37-22-32(28)20-26-11-8-16-33(26)38(35,36)27-12-4-3-5-13-27/h3-17,28-29,31,34H,18-22H2,1-2H3/t28-,29+/m1/s1. The number of aliphatic hydroxyl groups is 1. The minimum atomic E-state index is -3.67. The smallest absolute Gasteiger partial charge is 0.267 e. The van der Waals surface area contributed by atoms with Gasteiger partial charge in [-0.2, -0.15) is 0 Å². The second-order valence-corrected chi connectivity index (χ2v) is 13.4. The average molecular weight is 550 g/mol. The largest absolute Gasteiger partial charge is 0.390 e. The van der Waals surface area contributed by atoms with Crippen LogP contribution in [0.2, 0.25) is 0 Å². The number of aliphatic hydroxyl groups excluding tert-OH is 1. The number of hydrogen-bond acceptors (Lipinski definition) is 6. The molecule has 1 aliphatic heterocycles. The Morgan fingerprint density at radius 1 is 1.00 bits per heavy atom. The number of nitrogens with zero attached hydrogens (tertiary/aromatic N) is 2. The van der Waals surface area contributed by atoms with E-state index in [1.54, 1.807) is 54.4 Å². The number of β-amino-alcohol motifs (C(OH)–C–C–N with tert-alkyl or cyclic N) is 1. The summed E-state index contributed by atoms with van der Waals surface area (Å²) in [6, 6.07) is 27.0. The maximum atomic E-state index is 13.2. The molecule has 1 aliphatic rings. The van der Waals surface area contributed by atoms with Crippen molar-refractivity contribution in [1.82, 2.24) is 14.2 Å². The van der Waals surface area contributed by atoms with Crippen molar-refractivity contribution in [3.8, 4) is 0 Å². The molecular formula is C30H35N3O3S2. The molecule has 0 radical (unpaired) electrons. The summed E-state index contributed by atoms with van der Waals surface area (Å²) in [5.74, 6) is 1.55. The Bertz CT molecular complexity index is 1480. The highest BCUT2D eigenvalue weighted by atomic mass is 32.2. The van der Waals surface area contributed by atoms with Crippen LogP contribution in [0.15, 0.2) is 96.0 Å². The van der Waals surface area contributed by atoms with Gasteiger partial charge in [0.25, 0.3) is 10.0 Å². The molecular weight excluding hydrogens is 514 g/mol. The number of nitrogens with one attached hydrogen (secondary N) is 1. The molecule has 0 saturated carbocycles. The van der Waals surface area contributed by atoms with Gasteiger partial charge in [0, 0.05) is 48.2 Å². The van der Waals surface area contributed by atoms with Crippen LogP contribution in [0.5, 0.6) is 0 Å². The number of aromatic nitrogens is 1. The third-order valence-corrected chi connectivity index (χ3v) is 10.0. The number of rotatable bonds is 10. The van der Waals surface area contributed by atoms with Gasteiger partial charge >= 0.3 is 0 Å².